The van der Waals surface area contributed by atoms with Crippen molar-refractivity contribution >= 4 is 5.91 Å². The van der Waals surface area contributed by atoms with E-state index >= 15 is 0 Å². The van der Waals surface area contributed by atoms with Crippen LogP contribution in [-0.2, 0) is 9.53 Å². The number of rotatable bonds is 5. The predicted molar refractivity (Wildman–Crippen MR) is 58.3 cm³/mol. The number of carbonyl (C=O) groups is 1. The Kier molecular flexibility index (Phi) is 5.60. The smallest absolute Gasteiger partial charge is 0.248 e. The third kappa shape index (κ3) is 5.11. The molecule has 88 valence electrons. The van der Waals surface area contributed by atoms with Crippen molar-refractivity contribution in [2.75, 3.05) is 32.8 Å². The third-order valence-corrected chi connectivity index (χ3v) is 2.52. The fourth-order valence-corrected chi connectivity index (χ4v) is 1.30. The molecule has 0 radical (unpaired) electrons. The molecule has 1 fully saturated rings. The van der Waals surface area contributed by atoms with Gasteiger partial charge in [0.2, 0.25) is 5.91 Å². The van der Waals surface area contributed by atoms with Gasteiger partial charge in [0.1, 0.15) is 0 Å². The molecule has 5 nitrogen and oxygen atoms in total. The zero-order chi connectivity index (χ0) is 11.1. The highest BCUT2D eigenvalue weighted by molar-refractivity contribution is 5.77. The fraction of sp³-hybridized carbons (Fsp3) is 0.900. The van der Waals surface area contributed by atoms with Gasteiger partial charge in [0.15, 0.2) is 0 Å². The molecule has 1 heterocycles. The highest BCUT2D eigenvalue weighted by atomic mass is 16.5. The summed E-state index contributed by atoms with van der Waals surface area (Å²) in [7, 11) is 0. The molecule has 0 aromatic carbocycles. The molecule has 15 heavy (non-hydrogen) atoms. The largest absolute Gasteiger partial charge is 0.379 e. The molecule has 2 N–H and O–H groups in total. The molecule has 0 aromatic rings. The van der Waals surface area contributed by atoms with Crippen LogP contribution in [-0.4, -0.2) is 49.8 Å². The summed E-state index contributed by atoms with van der Waals surface area (Å²) >= 11 is 0. The number of nitrogens with one attached hydrogen (secondary N) is 2. The SMILES string of the molecule is CCC(C)NCC(=O)NN1CCOCC1. The van der Waals surface area contributed by atoms with Gasteiger partial charge in [0.25, 0.3) is 0 Å². The van der Waals surface area contributed by atoms with Crippen molar-refractivity contribution in [2.24, 2.45) is 0 Å². The van der Waals surface area contributed by atoms with E-state index in [0.717, 1.165) is 19.5 Å². The van der Waals surface area contributed by atoms with E-state index in [0.29, 0.717) is 25.8 Å². The first-order chi connectivity index (χ1) is 7.22. The zero-order valence-electron chi connectivity index (χ0n) is 9.58. The lowest BCUT2D eigenvalue weighted by Crippen LogP contribution is -2.51. The van der Waals surface area contributed by atoms with Gasteiger partial charge < -0.3 is 10.1 Å². The van der Waals surface area contributed by atoms with Crippen LogP contribution in [0.15, 0.2) is 0 Å². The molecule has 0 spiro atoms. The first-order valence-corrected chi connectivity index (χ1v) is 5.58. The van der Waals surface area contributed by atoms with Crippen LogP contribution in [0.3, 0.4) is 0 Å². The maximum Gasteiger partial charge on any atom is 0.248 e. The Hall–Kier alpha value is -0.650. The van der Waals surface area contributed by atoms with E-state index in [-0.39, 0.29) is 5.91 Å². The summed E-state index contributed by atoms with van der Waals surface area (Å²) in [6.45, 7) is 7.48. The summed E-state index contributed by atoms with van der Waals surface area (Å²) in [5, 5.41) is 5.06. The van der Waals surface area contributed by atoms with Crippen LogP contribution in [0.5, 0.6) is 0 Å². The number of nitrogens with zero attached hydrogens (tertiary/aromatic N) is 1. The highest BCUT2D eigenvalue weighted by Crippen LogP contribution is 1.92. The number of carbonyl (C=O) groups excluding carboxylic acids is 1. The molecule has 1 rings (SSSR count). The second-order valence-electron chi connectivity index (χ2n) is 3.82. The average molecular weight is 215 g/mol. The number of ether oxygens (including phenoxy) is 1. The molecule has 0 aliphatic carbocycles. The quantitative estimate of drug-likeness (QED) is 0.663. The fourth-order valence-electron chi connectivity index (χ4n) is 1.30. The van der Waals surface area contributed by atoms with Crippen molar-refractivity contribution in [3.05, 3.63) is 0 Å². The minimum absolute atomic E-state index is 0.0252. The van der Waals surface area contributed by atoms with Gasteiger partial charge in [-0.05, 0) is 13.3 Å². The standard InChI is InChI=1S/C10H21N3O2/c1-3-9(2)11-8-10(14)12-13-4-6-15-7-5-13/h9,11H,3-8H2,1-2H3,(H,12,14). The second-order valence-corrected chi connectivity index (χ2v) is 3.82. The Labute approximate surface area is 91.1 Å². The van der Waals surface area contributed by atoms with Crippen LogP contribution in [0.4, 0.5) is 0 Å². The van der Waals surface area contributed by atoms with Crippen molar-refractivity contribution < 1.29 is 9.53 Å². The van der Waals surface area contributed by atoms with E-state index in [9.17, 15) is 4.79 Å². The number of hydrogen-bond acceptors (Lipinski definition) is 4. The molecule has 0 saturated carbocycles. The van der Waals surface area contributed by atoms with Crippen LogP contribution in [0.1, 0.15) is 20.3 Å². The Morgan fingerprint density at radius 3 is 2.73 bits per heavy atom. The first-order valence-electron chi connectivity index (χ1n) is 5.58. The lowest BCUT2D eigenvalue weighted by atomic mass is 10.2. The average Bonchev–Trinajstić information content (AvgIpc) is 2.27. The van der Waals surface area contributed by atoms with Crippen LogP contribution in [0.25, 0.3) is 0 Å². The summed E-state index contributed by atoms with van der Waals surface area (Å²) in [5.74, 6) is 0.0252. The Morgan fingerprint density at radius 2 is 2.13 bits per heavy atom. The van der Waals surface area contributed by atoms with Crippen molar-refractivity contribution in [3.8, 4) is 0 Å². The van der Waals surface area contributed by atoms with Gasteiger partial charge in [-0.3, -0.25) is 10.2 Å². The van der Waals surface area contributed by atoms with Crippen molar-refractivity contribution in [1.82, 2.24) is 15.8 Å². The summed E-state index contributed by atoms with van der Waals surface area (Å²) in [6, 6.07) is 0.389. The lowest BCUT2D eigenvalue weighted by molar-refractivity contribution is -0.127. The topological polar surface area (TPSA) is 53.6 Å². The maximum absolute atomic E-state index is 11.5. The van der Waals surface area contributed by atoms with E-state index in [4.69, 9.17) is 4.74 Å². The van der Waals surface area contributed by atoms with Gasteiger partial charge >= 0.3 is 0 Å². The molecule has 1 unspecified atom stereocenters. The Morgan fingerprint density at radius 1 is 1.47 bits per heavy atom. The van der Waals surface area contributed by atoms with E-state index in [1.54, 1.807) is 0 Å². The highest BCUT2D eigenvalue weighted by Gasteiger charge is 2.12. The van der Waals surface area contributed by atoms with Crippen LogP contribution in [0.2, 0.25) is 0 Å². The van der Waals surface area contributed by atoms with E-state index in [2.05, 4.69) is 24.6 Å². The molecule has 1 aliphatic rings. The van der Waals surface area contributed by atoms with Crippen LogP contribution in [0, 0.1) is 0 Å². The molecular weight excluding hydrogens is 194 g/mol. The zero-order valence-corrected chi connectivity index (χ0v) is 9.58. The molecular formula is C10H21N3O2. The molecule has 5 heteroatoms. The molecule has 0 aromatic heterocycles. The maximum atomic E-state index is 11.5. The number of hydrazine groups is 1. The van der Waals surface area contributed by atoms with Gasteiger partial charge in [-0.2, -0.15) is 0 Å². The normalized spacial score (nSPS) is 19.9. The minimum Gasteiger partial charge on any atom is -0.379 e. The number of hydrogen-bond donors (Lipinski definition) is 2. The van der Waals surface area contributed by atoms with Crippen molar-refractivity contribution in [2.45, 2.75) is 26.3 Å². The minimum atomic E-state index is 0.0252. The van der Waals surface area contributed by atoms with E-state index in [1.807, 2.05) is 5.01 Å². The Bertz CT molecular complexity index is 193. The third-order valence-electron chi connectivity index (χ3n) is 2.52. The predicted octanol–water partition coefficient (Wildman–Crippen LogP) is -0.262. The molecule has 1 aliphatic heterocycles. The molecule has 1 atom stereocenters. The Balaban J connectivity index is 2.11. The van der Waals surface area contributed by atoms with Gasteiger partial charge in [0.05, 0.1) is 19.8 Å². The summed E-state index contributed by atoms with van der Waals surface area (Å²) in [5.41, 5.74) is 2.85. The molecule has 1 saturated heterocycles. The van der Waals surface area contributed by atoms with Crippen molar-refractivity contribution in [3.63, 3.8) is 0 Å². The van der Waals surface area contributed by atoms with Gasteiger partial charge in [-0.1, -0.05) is 6.92 Å². The lowest BCUT2D eigenvalue weighted by Gasteiger charge is -2.27. The number of morpholine rings is 1. The van der Waals surface area contributed by atoms with E-state index < -0.39 is 0 Å². The van der Waals surface area contributed by atoms with Gasteiger partial charge in [0, 0.05) is 19.1 Å². The van der Waals surface area contributed by atoms with Gasteiger partial charge in [-0.25, -0.2) is 5.01 Å². The van der Waals surface area contributed by atoms with Gasteiger partial charge in [-0.15, -0.1) is 0 Å². The van der Waals surface area contributed by atoms with Crippen LogP contribution < -0.4 is 10.7 Å². The molecule has 1 amide bonds. The van der Waals surface area contributed by atoms with Crippen molar-refractivity contribution in [1.29, 1.82) is 0 Å². The molecule has 0 bridgehead atoms. The summed E-state index contributed by atoms with van der Waals surface area (Å²) in [4.78, 5) is 11.5. The monoisotopic (exact) mass is 215 g/mol. The summed E-state index contributed by atoms with van der Waals surface area (Å²) < 4.78 is 5.19. The number of amides is 1. The van der Waals surface area contributed by atoms with E-state index in [1.165, 1.54) is 0 Å². The second kappa shape index (κ2) is 6.76. The van der Waals surface area contributed by atoms with Crippen LogP contribution >= 0.6 is 0 Å². The summed E-state index contributed by atoms with van der Waals surface area (Å²) in [6.07, 6.45) is 1.03. The first kappa shape index (κ1) is 12.4.